The molecular weight excluding hydrogens is 500 g/mol. The molecule has 1 saturated carbocycles. The summed E-state index contributed by atoms with van der Waals surface area (Å²) < 4.78 is 28.7. The number of nitrogens with two attached hydrogens (primary N) is 1. The van der Waals surface area contributed by atoms with Crippen LogP contribution in [-0.4, -0.2) is 72.9 Å². The van der Waals surface area contributed by atoms with Crippen LogP contribution in [-0.2, 0) is 19.6 Å². The van der Waals surface area contributed by atoms with E-state index in [1.54, 1.807) is 4.90 Å². The van der Waals surface area contributed by atoms with Crippen molar-refractivity contribution in [3.05, 3.63) is 71.8 Å². The van der Waals surface area contributed by atoms with Gasteiger partial charge in [0.15, 0.2) is 0 Å². The molecule has 2 saturated heterocycles. The van der Waals surface area contributed by atoms with Crippen molar-refractivity contribution in [3.63, 3.8) is 0 Å². The topological polar surface area (TPSA) is 113 Å². The molecule has 38 heavy (non-hydrogen) atoms. The fourth-order valence-corrected chi connectivity index (χ4v) is 7.99. The summed E-state index contributed by atoms with van der Waals surface area (Å²) in [4.78, 5) is 27.9. The third-order valence-corrected chi connectivity index (χ3v) is 10.3. The first-order chi connectivity index (χ1) is 18.3. The highest BCUT2D eigenvalue weighted by Gasteiger charge is 2.47. The Balaban J connectivity index is 1.24. The molecule has 204 valence electrons. The molecule has 0 bridgehead atoms. The molecule has 0 aromatic heterocycles. The number of carbonyl (C=O) groups excluding carboxylic acids is 2. The number of piperazine rings is 1. The van der Waals surface area contributed by atoms with E-state index in [9.17, 15) is 18.0 Å². The fraction of sp³-hybridized carbons (Fsp3) is 0.517. The number of amides is 2. The molecule has 8 nitrogen and oxygen atoms in total. The van der Waals surface area contributed by atoms with Crippen molar-refractivity contribution in [1.29, 1.82) is 0 Å². The zero-order valence-electron chi connectivity index (χ0n) is 21.7. The number of hydrogen-bond acceptors (Lipinski definition) is 5. The molecule has 0 spiro atoms. The molecule has 2 aromatic rings. The Hall–Kier alpha value is -2.75. The van der Waals surface area contributed by atoms with Gasteiger partial charge in [-0.15, -0.1) is 0 Å². The van der Waals surface area contributed by atoms with Crippen LogP contribution in [0.25, 0.3) is 0 Å². The van der Waals surface area contributed by atoms with Gasteiger partial charge in [0.25, 0.3) is 0 Å². The summed E-state index contributed by atoms with van der Waals surface area (Å²) >= 11 is 0. The minimum atomic E-state index is -3.74. The van der Waals surface area contributed by atoms with E-state index < -0.39 is 16.1 Å². The summed E-state index contributed by atoms with van der Waals surface area (Å²) in [5, 5.41) is 3.06. The lowest BCUT2D eigenvalue weighted by molar-refractivity contribution is -0.143. The van der Waals surface area contributed by atoms with Gasteiger partial charge in [0.1, 0.15) is 6.04 Å². The lowest BCUT2D eigenvalue weighted by Crippen LogP contribution is -2.60. The highest BCUT2D eigenvalue weighted by molar-refractivity contribution is 7.89. The first kappa shape index (κ1) is 26.8. The maximum atomic E-state index is 13.7. The number of carbonyl (C=O) groups is 2. The SMILES string of the molecule is NC1CCC(CNC(=O)[C@@H]2CC[C@H]3CN(S(=O)(=O)CC(c4ccccc4)c4ccccc4)CC(=O)N32)CC1. The molecule has 2 atom stereocenters. The molecule has 1 aliphatic carbocycles. The normalized spacial score (nSPS) is 26.4. The summed E-state index contributed by atoms with van der Waals surface area (Å²) in [6.07, 6.45) is 5.16. The molecule has 0 unspecified atom stereocenters. The van der Waals surface area contributed by atoms with Crippen molar-refractivity contribution < 1.29 is 18.0 Å². The van der Waals surface area contributed by atoms with Crippen molar-refractivity contribution >= 4 is 21.8 Å². The molecule has 5 rings (SSSR count). The number of fused-ring (bicyclic) bond motifs is 1. The Morgan fingerprint density at radius 3 is 2.13 bits per heavy atom. The van der Waals surface area contributed by atoms with Crippen LogP contribution in [0.5, 0.6) is 0 Å². The Morgan fingerprint density at radius 1 is 0.921 bits per heavy atom. The summed E-state index contributed by atoms with van der Waals surface area (Å²) in [7, 11) is -3.74. The third-order valence-electron chi connectivity index (χ3n) is 8.45. The molecule has 3 fully saturated rings. The van der Waals surface area contributed by atoms with Crippen LogP contribution in [0.1, 0.15) is 55.6 Å². The molecule has 2 aliphatic heterocycles. The van der Waals surface area contributed by atoms with E-state index in [4.69, 9.17) is 5.73 Å². The third kappa shape index (κ3) is 5.95. The predicted octanol–water partition coefficient (Wildman–Crippen LogP) is 2.46. The molecule has 3 aliphatic rings. The van der Waals surface area contributed by atoms with E-state index in [2.05, 4.69) is 5.32 Å². The van der Waals surface area contributed by atoms with Gasteiger partial charge < -0.3 is 16.0 Å². The summed E-state index contributed by atoms with van der Waals surface area (Å²) in [5.74, 6) is -0.444. The van der Waals surface area contributed by atoms with Crippen LogP contribution in [0.2, 0.25) is 0 Å². The van der Waals surface area contributed by atoms with Crippen LogP contribution in [0.15, 0.2) is 60.7 Å². The van der Waals surface area contributed by atoms with E-state index >= 15 is 0 Å². The number of hydrogen-bond donors (Lipinski definition) is 2. The molecule has 9 heteroatoms. The minimum Gasteiger partial charge on any atom is -0.354 e. The van der Waals surface area contributed by atoms with Gasteiger partial charge >= 0.3 is 0 Å². The maximum absolute atomic E-state index is 13.7. The zero-order chi connectivity index (χ0) is 26.7. The number of sulfonamides is 1. The van der Waals surface area contributed by atoms with Gasteiger partial charge in [-0.05, 0) is 55.6 Å². The van der Waals surface area contributed by atoms with Gasteiger partial charge in [0.05, 0.1) is 12.3 Å². The van der Waals surface area contributed by atoms with Gasteiger partial charge in [0.2, 0.25) is 21.8 Å². The van der Waals surface area contributed by atoms with Crippen LogP contribution < -0.4 is 11.1 Å². The first-order valence-electron chi connectivity index (χ1n) is 13.7. The number of rotatable bonds is 8. The maximum Gasteiger partial charge on any atom is 0.242 e. The smallest absolute Gasteiger partial charge is 0.242 e. The molecule has 2 amide bonds. The second-order valence-electron chi connectivity index (χ2n) is 11.0. The second kappa shape index (κ2) is 11.6. The molecule has 3 N–H and O–H groups in total. The van der Waals surface area contributed by atoms with Gasteiger partial charge in [-0.1, -0.05) is 60.7 Å². The summed E-state index contributed by atoms with van der Waals surface area (Å²) in [5.41, 5.74) is 7.83. The lowest BCUT2D eigenvalue weighted by Gasteiger charge is -2.39. The molecule has 2 aromatic carbocycles. The average molecular weight is 539 g/mol. The van der Waals surface area contributed by atoms with Gasteiger partial charge in [0, 0.05) is 31.1 Å². The Labute approximate surface area is 225 Å². The second-order valence-corrected chi connectivity index (χ2v) is 13.0. The van der Waals surface area contributed by atoms with E-state index in [1.807, 2.05) is 60.7 Å². The monoisotopic (exact) mass is 538 g/mol. The first-order valence-corrected chi connectivity index (χ1v) is 15.3. The van der Waals surface area contributed by atoms with Crippen molar-refractivity contribution in [2.75, 3.05) is 25.4 Å². The Bertz CT molecular complexity index is 1180. The minimum absolute atomic E-state index is 0.115. The molecular formula is C29H38N4O4S. The number of benzene rings is 2. The van der Waals surface area contributed by atoms with Crippen LogP contribution >= 0.6 is 0 Å². The largest absolute Gasteiger partial charge is 0.354 e. The van der Waals surface area contributed by atoms with E-state index in [0.29, 0.717) is 25.3 Å². The Morgan fingerprint density at radius 2 is 1.53 bits per heavy atom. The number of nitrogens with zero attached hydrogens (tertiary/aromatic N) is 2. The average Bonchev–Trinajstić information content (AvgIpc) is 3.37. The van der Waals surface area contributed by atoms with E-state index in [1.165, 1.54) is 4.31 Å². The zero-order valence-corrected chi connectivity index (χ0v) is 22.6. The summed E-state index contributed by atoms with van der Waals surface area (Å²) in [6.45, 7) is 0.615. The van der Waals surface area contributed by atoms with Gasteiger partial charge in [-0.3, -0.25) is 9.59 Å². The van der Waals surface area contributed by atoms with Crippen molar-refractivity contribution in [2.24, 2.45) is 11.7 Å². The van der Waals surface area contributed by atoms with Crippen molar-refractivity contribution in [2.45, 2.75) is 62.6 Å². The van der Waals surface area contributed by atoms with Gasteiger partial charge in [-0.2, -0.15) is 4.31 Å². The fourth-order valence-electron chi connectivity index (χ4n) is 6.27. The Kier molecular flexibility index (Phi) is 8.16. The standard InChI is InChI=1S/C29H38N4O4S/c30-24-13-11-21(12-14-24)17-31-29(35)27-16-15-25-18-32(19-28(34)33(25)27)38(36,37)20-26(22-7-3-1-4-8-22)23-9-5-2-6-10-23/h1-10,21,24-27H,11-20,30H2,(H,31,35)/t21?,24?,25-,27-/m0/s1. The molecule has 0 radical (unpaired) electrons. The summed E-state index contributed by atoms with van der Waals surface area (Å²) in [6, 6.07) is 18.7. The van der Waals surface area contributed by atoms with E-state index in [0.717, 1.165) is 36.8 Å². The predicted molar refractivity (Wildman–Crippen MR) is 147 cm³/mol. The van der Waals surface area contributed by atoms with E-state index in [-0.39, 0.29) is 48.7 Å². The molecule has 2 heterocycles. The van der Waals surface area contributed by atoms with Crippen LogP contribution in [0.4, 0.5) is 0 Å². The van der Waals surface area contributed by atoms with Crippen LogP contribution in [0, 0.1) is 5.92 Å². The quantitative estimate of drug-likeness (QED) is 0.536. The van der Waals surface area contributed by atoms with Crippen LogP contribution in [0.3, 0.4) is 0 Å². The lowest BCUT2D eigenvalue weighted by atomic mass is 9.86. The van der Waals surface area contributed by atoms with Gasteiger partial charge in [-0.25, -0.2) is 8.42 Å². The van der Waals surface area contributed by atoms with Crippen molar-refractivity contribution in [1.82, 2.24) is 14.5 Å². The highest BCUT2D eigenvalue weighted by atomic mass is 32.2. The van der Waals surface area contributed by atoms with Crippen molar-refractivity contribution in [3.8, 4) is 0 Å². The number of nitrogens with one attached hydrogen (secondary N) is 1. The highest BCUT2D eigenvalue weighted by Crippen LogP contribution is 2.32.